The number of ketones is 1. The highest BCUT2D eigenvalue weighted by Crippen LogP contribution is 2.32. The minimum absolute atomic E-state index is 0.290. The largest absolute Gasteiger partial charge is 0.416 e. The molecule has 2 aromatic rings. The maximum Gasteiger partial charge on any atom is 0.416 e. The first-order valence-corrected chi connectivity index (χ1v) is 8.94. The van der Waals surface area contributed by atoms with E-state index in [0.717, 1.165) is 12.1 Å². The van der Waals surface area contributed by atoms with E-state index in [1.165, 1.54) is 11.0 Å². The summed E-state index contributed by atoms with van der Waals surface area (Å²) >= 11 is 0. The molecule has 0 unspecified atom stereocenters. The Hall–Kier alpha value is -2.87. The van der Waals surface area contributed by atoms with Crippen LogP contribution in [0, 0.1) is 0 Å². The molecule has 1 amide bonds. The number of nitrogens with zero attached hydrogens (tertiary/aromatic N) is 3. The van der Waals surface area contributed by atoms with Gasteiger partial charge in [0.05, 0.1) is 23.5 Å². The van der Waals surface area contributed by atoms with Crippen LogP contribution in [0.4, 0.5) is 24.5 Å². The van der Waals surface area contributed by atoms with Crippen molar-refractivity contribution in [1.82, 2.24) is 4.90 Å². The third-order valence-electron chi connectivity index (χ3n) is 5.13. The number of anilines is 2. The van der Waals surface area contributed by atoms with E-state index in [0.29, 0.717) is 43.1 Å². The number of piperazine rings is 1. The molecule has 0 aliphatic carbocycles. The quantitative estimate of drug-likeness (QED) is 0.757. The minimum Gasteiger partial charge on any atom is -0.369 e. The van der Waals surface area contributed by atoms with Gasteiger partial charge < -0.3 is 4.90 Å². The molecular formula is C20H18F3N3O2. The summed E-state index contributed by atoms with van der Waals surface area (Å²) in [6.07, 6.45) is -4.37. The molecule has 2 aromatic carbocycles. The summed E-state index contributed by atoms with van der Waals surface area (Å²) in [6, 6.07) is 12.2. The van der Waals surface area contributed by atoms with Crippen LogP contribution < -0.4 is 9.80 Å². The first-order chi connectivity index (χ1) is 13.3. The number of para-hydroxylation sites is 1. The molecule has 5 nitrogen and oxygen atoms in total. The second-order valence-corrected chi connectivity index (χ2v) is 6.87. The van der Waals surface area contributed by atoms with Crippen LogP contribution in [-0.2, 0) is 11.0 Å². The van der Waals surface area contributed by atoms with Crippen molar-refractivity contribution in [2.75, 3.05) is 42.6 Å². The molecule has 1 saturated heterocycles. The maximum absolute atomic E-state index is 12.9. The smallest absolute Gasteiger partial charge is 0.369 e. The zero-order valence-electron chi connectivity index (χ0n) is 14.9. The fourth-order valence-corrected chi connectivity index (χ4v) is 3.62. The molecule has 0 radical (unpaired) electrons. The Bertz CT molecular complexity index is 921. The number of hydrogen-bond acceptors (Lipinski definition) is 4. The molecule has 0 aromatic heterocycles. The molecule has 4 rings (SSSR count). The standard InChI is InChI=1S/C20H18F3N3O2/c21-20(22,23)14-4-3-5-15(12-14)25-10-8-24(9-11-25)13-26-17-7-2-1-6-16(17)18(27)19(26)28/h1-7,12H,8-11,13H2. The molecule has 2 aliphatic rings. The summed E-state index contributed by atoms with van der Waals surface area (Å²) in [6.45, 7) is 2.53. The first-order valence-electron chi connectivity index (χ1n) is 8.94. The van der Waals surface area contributed by atoms with Gasteiger partial charge in [0.25, 0.3) is 5.78 Å². The van der Waals surface area contributed by atoms with Gasteiger partial charge in [-0.1, -0.05) is 18.2 Å². The Morgan fingerprint density at radius 3 is 2.32 bits per heavy atom. The van der Waals surface area contributed by atoms with E-state index < -0.39 is 23.4 Å². The van der Waals surface area contributed by atoms with Gasteiger partial charge in [0.1, 0.15) is 0 Å². The summed E-state index contributed by atoms with van der Waals surface area (Å²) in [5.74, 6) is -1.04. The monoisotopic (exact) mass is 389 g/mol. The lowest BCUT2D eigenvalue weighted by Gasteiger charge is -2.37. The van der Waals surface area contributed by atoms with Crippen LogP contribution in [0.15, 0.2) is 48.5 Å². The van der Waals surface area contributed by atoms with Crippen LogP contribution in [-0.4, -0.2) is 49.4 Å². The minimum atomic E-state index is -4.37. The van der Waals surface area contributed by atoms with Crippen molar-refractivity contribution >= 4 is 23.1 Å². The Kier molecular flexibility index (Phi) is 4.58. The number of carbonyl (C=O) groups excluding carboxylic acids is 2. The van der Waals surface area contributed by atoms with Crippen molar-refractivity contribution in [3.63, 3.8) is 0 Å². The maximum atomic E-state index is 12.9. The SMILES string of the molecule is O=C1C(=O)N(CN2CCN(c3cccc(C(F)(F)F)c3)CC2)c2ccccc21. The number of hydrogen-bond donors (Lipinski definition) is 0. The van der Waals surface area contributed by atoms with E-state index in [-0.39, 0.29) is 6.67 Å². The summed E-state index contributed by atoms with van der Waals surface area (Å²) in [4.78, 5) is 29.8. The number of amides is 1. The van der Waals surface area contributed by atoms with Crippen LogP contribution in [0.3, 0.4) is 0 Å². The predicted octanol–water partition coefficient (Wildman–Crippen LogP) is 3.01. The third-order valence-corrected chi connectivity index (χ3v) is 5.13. The zero-order valence-corrected chi connectivity index (χ0v) is 14.9. The highest BCUT2D eigenvalue weighted by molar-refractivity contribution is 6.52. The van der Waals surface area contributed by atoms with Crippen molar-refractivity contribution in [1.29, 1.82) is 0 Å². The summed E-state index contributed by atoms with van der Waals surface area (Å²) in [5, 5.41) is 0. The number of carbonyl (C=O) groups is 2. The molecule has 1 fully saturated rings. The molecule has 0 spiro atoms. The molecule has 0 bridgehead atoms. The van der Waals surface area contributed by atoms with Crippen molar-refractivity contribution in [2.24, 2.45) is 0 Å². The van der Waals surface area contributed by atoms with E-state index >= 15 is 0 Å². The molecule has 0 saturated carbocycles. The summed E-state index contributed by atoms with van der Waals surface area (Å²) in [5.41, 5.74) is 0.894. The fraction of sp³-hybridized carbons (Fsp3) is 0.300. The summed E-state index contributed by atoms with van der Waals surface area (Å²) in [7, 11) is 0. The van der Waals surface area contributed by atoms with Gasteiger partial charge in [-0.3, -0.25) is 19.4 Å². The molecule has 8 heteroatoms. The van der Waals surface area contributed by atoms with Crippen LogP contribution in [0.25, 0.3) is 0 Å². The van der Waals surface area contributed by atoms with E-state index in [1.54, 1.807) is 30.3 Å². The van der Waals surface area contributed by atoms with Crippen LogP contribution in [0.5, 0.6) is 0 Å². The number of fused-ring (bicyclic) bond motifs is 1. The van der Waals surface area contributed by atoms with Gasteiger partial charge in [0.2, 0.25) is 0 Å². The van der Waals surface area contributed by atoms with Gasteiger partial charge in [-0.25, -0.2) is 0 Å². The molecular weight excluding hydrogens is 371 g/mol. The van der Waals surface area contributed by atoms with E-state index in [2.05, 4.69) is 0 Å². The Balaban J connectivity index is 1.42. The lowest BCUT2D eigenvalue weighted by Crippen LogP contribution is -2.51. The highest BCUT2D eigenvalue weighted by atomic mass is 19.4. The van der Waals surface area contributed by atoms with Crippen molar-refractivity contribution in [3.8, 4) is 0 Å². The Labute approximate surface area is 159 Å². The molecule has 146 valence electrons. The molecule has 2 aliphatic heterocycles. The molecule has 28 heavy (non-hydrogen) atoms. The first kappa shape index (κ1) is 18.5. The number of benzene rings is 2. The lowest BCUT2D eigenvalue weighted by molar-refractivity contribution is -0.137. The number of Topliss-reactive ketones (excluding diaryl/α,β-unsaturated/α-hetero) is 1. The normalized spacial score (nSPS) is 18.0. The second-order valence-electron chi connectivity index (χ2n) is 6.87. The topological polar surface area (TPSA) is 43.9 Å². The third kappa shape index (κ3) is 3.35. The molecule has 0 atom stereocenters. The lowest BCUT2D eigenvalue weighted by atomic mass is 10.1. The number of alkyl halides is 3. The van der Waals surface area contributed by atoms with Crippen LogP contribution in [0.1, 0.15) is 15.9 Å². The van der Waals surface area contributed by atoms with E-state index in [4.69, 9.17) is 0 Å². The Morgan fingerprint density at radius 1 is 0.893 bits per heavy atom. The number of halogens is 3. The highest BCUT2D eigenvalue weighted by Gasteiger charge is 2.36. The second kappa shape index (κ2) is 6.94. The van der Waals surface area contributed by atoms with Crippen LogP contribution >= 0.6 is 0 Å². The van der Waals surface area contributed by atoms with Gasteiger partial charge in [-0.05, 0) is 30.3 Å². The number of rotatable bonds is 3. The van der Waals surface area contributed by atoms with Gasteiger partial charge in [-0.15, -0.1) is 0 Å². The van der Waals surface area contributed by atoms with Gasteiger partial charge >= 0.3 is 12.1 Å². The van der Waals surface area contributed by atoms with E-state index in [9.17, 15) is 22.8 Å². The molecule has 0 N–H and O–H groups in total. The predicted molar refractivity (Wildman–Crippen MR) is 98.4 cm³/mol. The van der Waals surface area contributed by atoms with Crippen molar-refractivity contribution < 1.29 is 22.8 Å². The van der Waals surface area contributed by atoms with Crippen LogP contribution in [0.2, 0.25) is 0 Å². The van der Waals surface area contributed by atoms with Crippen molar-refractivity contribution in [2.45, 2.75) is 6.18 Å². The fourth-order valence-electron chi connectivity index (χ4n) is 3.62. The Morgan fingerprint density at radius 2 is 1.61 bits per heavy atom. The van der Waals surface area contributed by atoms with Gasteiger partial charge in [-0.2, -0.15) is 13.2 Å². The summed E-state index contributed by atoms with van der Waals surface area (Å²) < 4.78 is 38.8. The van der Waals surface area contributed by atoms with Gasteiger partial charge in [0, 0.05) is 31.9 Å². The average Bonchev–Trinajstić information content (AvgIpc) is 2.93. The van der Waals surface area contributed by atoms with Gasteiger partial charge in [0.15, 0.2) is 0 Å². The molecule has 2 heterocycles. The average molecular weight is 389 g/mol. The van der Waals surface area contributed by atoms with Crippen molar-refractivity contribution in [3.05, 3.63) is 59.7 Å². The van der Waals surface area contributed by atoms with E-state index in [1.807, 2.05) is 9.80 Å². The zero-order chi connectivity index (χ0) is 19.9.